The molecule has 0 atom stereocenters. The summed E-state index contributed by atoms with van der Waals surface area (Å²) in [5, 5.41) is 11.6. The van der Waals surface area contributed by atoms with Crippen molar-refractivity contribution < 1.29 is 9.84 Å². The van der Waals surface area contributed by atoms with Crippen LogP contribution in [0.3, 0.4) is 0 Å². The lowest BCUT2D eigenvalue weighted by Gasteiger charge is -2.09. The molecule has 4 rings (SSSR count). The molecular formula is C21H16ClNO2. The largest absolute Gasteiger partial charge is 0.506 e. The molecule has 0 spiro atoms. The molecule has 3 nitrogen and oxygen atoms in total. The van der Waals surface area contributed by atoms with Crippen molar-refractivity contribution in [2.24, 2.45) is 0 Å². The molecule has 1 N–H and O–H groups in total. The Labute approximate surface area is 150 Å². The number of para-hydroxylation sites is 1. The Morgan fingerprint density at radius 2 is 1.72 bits per heavy atom. The van der Waals surface area contributed by atoms with Gasteiger partial charge in [0.1, 0.15) is 18.1 Å². The number of halogens is 1. The molecule has 0 fully saturated rings. The van der Waals surface area contributed by atoms with Crippen LogP contribution in [0.2, 0.25) is 5.02 Å². The van der Waals surface area contributed by atoms with Crippen molar-refractivity contribution in [3.05, 3.63) is 89.6 Å². The van der Waals surface area contributed by atoms with Gasteiger partial charge in [-0.05, 0) is 54.1 Å². The van der Waals surface area contributed by atoms with Crippen LogP contribution in [0, 0.1) is 0 Å². The standard InChI is InChI=1S/C21H16ClNO2/c22-16-5-3-4-15(12-16)14-25-18-10-8-17(9-11-18)23-13-21(24)19-6-1-2-7-20(19)23/h1-13,24H,14H2. The summed E-state index contributed by atoms with van der Waals surface area (Å²) in [7, 11) is 0. The van der Waals surface area contributed by atoms with Crippen molar-refractivity contribution in [1.29, 1.82) is 0 Å². The van der Waals surface area contributed by atoms with Gasteiger partial charge >= 0.3 is 0 Å². The fourth-order valence-corrected chi connectivity index (χ4v) is 3.08. The van der Waals surface area contributed by atoms with E-state index in [-0.39, 0.29) is 5.75 Å². The zero-order valence-corrected chi connectivity index (χ0v) is 14.1. The van der Waals surface area contributed by atoms with E-state index in [1.54, 1.807) is 6.20 Å². The van der Waals surface area contributed by atoms with Crippen LogP contribution in [-0.2, 0) is 6.61 Å². The molecule has 4 aromatic rings. The Hall–Kier alpha value is -2.91. The fourth-order valence-electron chi connectivity index (χ4n) is 2.87. The highest BCUT2D eigenvalue weighted by molar-refractivity contribution is 6.30. The molecule has 0 radical (unpaired) electrons. The Morgan fingerprint density at radius 1 is 0.920 bits per heavy atom. The maximum Gasteiger partial charge on any atom is 0.141 e. The highest BCUT2D eigenvalue weighted by Crippen LogP contribution is 2.30. The molecule has 0 aliphatic heterocycles. The lowest BCUT2D eigenvalue weighted by molar-refractivity contribution is 0.306. The Balaban J connectivity index is 1.55. The van der Waals surface area contributed by atoms with E-state index in [9.17, 15) is 5.11 Å². The van der Waals surface area contributed by atoms with Crippen molar-refractivity contribution in [3.63, 3.8) is 0 Å². The smallest absolute Gasteiger partial charge is 0.141 e. The second-order valence-corrected chi connectivity index (χ2v) is 6.25. The number of hydrogen-bond donors (Lipinski definition) is 1. The van der Waals surface area contributed by atoms with E-state index in [1.807, 2.05) is 77.4 Å². The van der Waals surface area contributed by atoms with E-state index in [1.165, 1.54) is 0 Å². The first-order chi connectivity index (χ1) is 12.2. The van der Waals surface area contributed by atoms with Crippen LogP contribution in [0.25, 0.3) is 16.6 Å². The van der Waals surface area contributed by atoms with Gasteiger partial charge in [-0.2, -0.15) is 0 Å². The minimum Gasteiger partial charge on any atom is -0.506 e. The molecular weight excluding hydrogens is 334 g/mol. The summed E-state index contributed by atoms with van der Waals surface area (Å²) in [4.78, 5) is 0. The molecule has 4 heteroatoms. The molecule has 0 unspecified atom stereocenters. The molecule has 0 saturated heterocycles. The topological polar surface area (TPSA) is 34.4 Å². The first-order valence-corrected chi connectivity index (χ1v) is 8.35. The van der Waals surface area contributed by atoms with Crippen LogP contribution >= 0.6 is 11.6 Å². The Kier molecular flexibility index (Phi) is 4.08. The van der Waals surface area contributed by atoms with Crippen LogP contribution in [0.1, 0.15) is 5.56 Å². The van der Waals surface area contributed by atoms with E-state index >= 15 is 0 Å². The molecule has 25 heavy (non-hydrogen) atoms. The zero-order chi connectivity index (χ0) is 17.2. The monoisotopic (exact) mass is 349 g/mol. The Bertz CT molecular complexity index is 1020. The molecule has 1 aromatic heterocycles. The van der Waals surface area contributed by atoms with Gasteiger partial charge in [-0.3, -0.25) is 0 Å². The number of benzene rings is 3. The minimum atomic E-state index is 0.275. The van der Waals surface area contributed by atoms with Gasteiger partial charge in [0.2, 0.25) is 0 Å². The molecule has 0 aliphatic carbocycles. The SMILES string of the molecule is Oc1cn(-c2ccc(OCc3cccc(Cl)c3)cc2)c2ccccc12. The van der Waals surface area contributed by atoms with Crippen LogP contribution in [0.4, 0.5) is 0 Å². The summed E-state index contributed by atoms with van der Waals surface area (Å²) in [6.07, 6.45) is 1.73. The van der Waals surface area contributed by atoms with Crippen molar-refractivity contribution in [3.8, 4) is 17.2 Å². The van der Waals surface area contributed by atoms with Gasteiger partial charge in [-0.25, -0.2) is 0 Å². The lowest BCUT2D eigenvalue weighted by atomic mass is 10.2. The van der Waals surface area contributed by atoms with E-state index in [4.69, 9.17) is 16.3 Å². The van der Waals surface area contributed by atoms with Crippen molar-refractivity contribution in [2.75, 3.05) is 0 Å². The fraction of sp³-hybridized carbons (Fsp3) is 0.0476. The lowest BCUT2D eigenvalue weighted by Crippen LogP contribution is -1.96. The third-order valence-corrected chi connectivity index (χ3v) is 4.34. The molecule has 124 valence electrons. The van der Waals surface area contributed by atoms with Gasteiger partial charge in [0.15, 0.2) is 0 Å². The quantitative estimate of drug-likeness (QED) is 0.522. The number of aromatic hydroxyl groups is 1. The molecule has 0 amide bonds. The van der Waals surface area contributed by atoms with Gasteiger partial charge in [0.05, 0.1) is 11.7 Å². The van der Waals surface area contributed by atoms with Crippen LogP contribution in [0.5, 0.6) is 11.5 Å². The third-order valence-electron chi connectivity index (χ3n) is 4.10. The average Bonchev–Trinajstić information content (AvgIpc) is 2.98. The maximum absolute atomic E-state index is 10.1. The van der Waals surface area contributed by atoms with Crippen LogP contribution in [-0.4, -0.2) is 9.67 Å². The molecule has 0 aliphatic rings. The summed E-state index contributed by atoms with van der Waals surface area (Å²) in [6, 6.07) is 23.2. The maximum atomic E-state index is 10.1. The number of fused-ring (bicyclic) bond motifs is 1. The number of ether oxygens (including phenoxy) is 1. The second kappa shape index (κ2) is 6.54. The van der Waals surface area contributed by atoms with Gasteiger partial charge in [-0.15, -0.1) is 0 Å². The van der Waals surface area contributed by atoms with E-state index in [2.05, 4.69) is 0 Å². The normalized spacial score (nSPS) is 10.9. The zero-order valence-electron chi connectivity index (χ0n) is 13.4. The van der Waals surface area contributed by atoms with E-state index in [0.29, 0.717) is 11.6 Å². The second-order valence-electron chi connectivity index (χ2n) is 5.81. The molecule has 0 bridgehead atoms. The van der Waals surface area contributed by atoms with Crippen molar-refractivity contribution in [1.82, 2.24) is 4.57 Å². The van der Waals surface area contributed by atoms with Crippen molar-refractivity contribution in [2.45, 2.75) is 6.61 Å². The van der Waals surface area contributed by atoms with Gasteiger partial charge in [0, 0.05) is 16.1 Å². The summed E-state index contributed by atoms with van der Waals surface area (Å²) in [6.45, 7) is 0.465. The number of hydrogen-bond acceptors (Lipinski definition) is 2. The third kappa shape index (κ3) is 3.19. The summed E-state index contributed by atoms with van der Waals surface area (Å²) in [5.74, 6) is 1.06. The summed E-state index contributed by atoms with van der Waals surface area (Å²) < 4.78 is 7.78. The highest BCUT2D eigenvalue weighted by Gasteiger charge is 2.08. The van der Waals surface area contributed by atoms with Gasteiger partial charge in [0.25, 0.3) is 0 Å². The van der Waals surface area contributed by atoms with E-state index < -0.39 is 0 Å². The molecule has 0 saturated carbocycles. The number of nitrogens with zero attached hydrogens (tertiary/aromatic N) is 1. The van der Waals surface area contributed by atoms with Crippen LogP contribution in [0.15, 0.2) is 79.0 Å². The predicted octanol–water partition coefficient (Wildman–Crippen LogP) is 5.57. The average molecular weight is 350 g/mol. The highest BCUT2D eigenvalue weighted by atomic mass is 35.5. The Morgan fingerprint density at radius 3 is 2.52 bits per heavy atom. The first kappa shape index (κ1) is 15.6. The van der Waals surface area contributed by atoms with Gasteiger partial charge < -0.3 is 14.4 Å². The molecule has 3 aromatic carbocycles. The summed E-state index contributed by atoms with van der Waals surface area (Å²) in [5.41, 5.74) is 2.96. The minimum absolute atomic E-state index is 0.275. The summed E-state index contributed by atoms with van der Waals surface area (Å²) >= 11 is 5.99. The number of aromatic nitrogens is 1. The van der Waals surface area contributed by atoms with Crippen molar-refractivity contribution >= 4 is 22.5 Å². The van der Waals surface area contributed by atoms with E-state index in [0.717, 1.165) is 27.9 Å². The predicted molar refractivity (Wildman–Crippen MR) is 101 cm³/mol. The number of rotatable bonds is 4. The molecule has 1 heterocycles. The first-order valence-electron chi connectivity index (χ1n) is 7.97. The van der Waals surface area contributed by atoms with Gasteiger partial charge in [-0.1, -0.05) is 35.9 Å². The van der Waals surface area contributed by atoms with Crippen LogP contribution < -0.4 is 4.74 Å².